The fourth-order valence-corrected chi connectivity index (χ4v) is 3.35. The molecule has 0 aliphatic carbocycles. The number of carbonyl (C=O) groups is 2. The molecule has 0 fully saturated rings. The summed E-state index contributed by atoms with van der Waals surface area (Å²) in [6.45, 7) is 6.10. The van der Waals surface area contributed by atoms with Crippen LogP contribution in [0.3, 0.4) is 0 Å². The first-order valence-electron chi connectivity index (χ1n) is 10.4. The Morgan fingerprint density at radius 1 is 1.00 bits per heavy atom. The average Bonchev–Trinajstić information content (AvgIpc) is 3.42. The van der Waals surface area contributed by atoms with Crippen molar-refractivity contribution in [3.63, 3.8) is 0 Å². The van der Waals surface area contributed by atoms with Crippen molar-refractivity contribution < 1.29 is 14.0 Å². The minimum absolute atomic E-state index is 0.188. The summed E-state index contributed by atoms with van der Waals surface area (Å²) in [5.41, 5.74) is 3.52. The van der Waals surface area contributed by atoms with Crippen LogP contribution in [0.5, 0.6) is 0 Å². The predicted molar refractivity (Wildman–Crippen MR) is 123 cm³/mol. The van der Waals surface area contributed by atoms with E-state index in [1.807, 2.05) is 63.2 Å². The first-order valence-corrected chi connectivity index (χ1v) is 10.4. The van der Waals surface area contributed by atoms with E-state index in [2.05, 4.69) is 15.7 Å². The zero-order valence-corrected chi connectivity index (χ0v) is 18.2. The number of benzene rings is 2. The summed E-state index contributed by atoms with van der Waals surface area (Å²) >= 11 is 0. The molecule has 2 aromatic carbocycles. The fraction of sp³-hybridized carbons (Fsp3) is 0.160. The van der Waals surface area contributed by atoms with Crippen LogP contribution in [0.4, 0.5) is 5.69 Å². The van der Waals surface area contributed by atoms with Gasteiger partial charge in [0.1, 0.15) is 11.5 Å². The normalized spacial score (nSPS) is 10.7. The summed E-state index contributed by atoms with van der Waals surface area (Å²) in [6, 6.07) is 18.4. The number of hydrogen-bond acceptors (Lipinski definition) is 4. The van der Waals surface area contributed by atoms with Gasteiger partial charge in [-0.2, -0.15) is 5.10 Å². The van der Waals surface area contributed by atoms with Crippen molar-refractivity contribution in [3.8, 4) is 17.1 Å². The molecular weight excluding hydrogens is 404 g/mol. The molecule has 7 heteroatoms. The molecule has 0 aliphatic rings. The van der Waals surface area contributed by atoms with Gasteiger partial charge in [-0.1, -0.05) is 24.3 Å². The van der Waals surface area contributed by atoms with Crippen molar-refractivity contribution in [1.82, 2.24) is 15.1 Å². The summed E-state index contributed by atoms with van der Waals surface area (Å²) in [4.78, 5) is 25.5. The molecule has 2 aromatic heterocycles. The van der Waals surface area contributed by atoms with Crippen molar-refractivity contribution in [2.24, 2.45) is 0 Å². The molecule has 0 bridgehead atoms. The summed E-state index contributed by atoms with van der Waals surface area (Å²) in [5.74, 6) is 0.709. The molecule has 2 amide bonds. The minimum Gasteiger partial charge on any atom is -0.460 e. The second-order valence-corrected chi connectivity index (χ2v) is 7.43. The van der Waals surface area contributed by atoms with Crippen LogP contribution in [-0.4, -0.2) is 28.1 Å². The Bertz CT molecular complexity index is 1270. The Labute approximate surface area is 186 Å². The van der Waals surface area contributed by atoms with Crippen molar-refractivity contribution in [2.75, 3.05) is 11.9 Å². The lowest BCUT2D eigenvalue weighted by atomic mass is 10.1. The first kappa shape index (κ1) is 21.1. The number of furan rings is 1. The smallest absolute Gasteiger partial charge is 0.259 e. The van der Waals surface area contributed by atoms with Gasteiger partial charge in [-0.15, -0.1) is 0 Å². The topological polar surface area (TPSA) is 89.2 Å². The second-order valence-electron chi connectivity index (χ2n) is 7.43. The second kappa shape index (κ2) is 8.93. The van der Waals surface area contributed by atoms with Gasteiger partial charge in [0.2, 0.25) is 0 Å². The highest BCUT2D eigenvalue weighted by Gasteiger charge is 2.22. The molecule has 162 valence electrons. The lowest BCUT2D eigenvalue weighted by Gasteiger charge is -2.10. The Balaban J connectivity index is 1.71. The summed E-state index contributed by atoms with van der Waals surface area (Å²) in [5, 5.41) is 10.3. The molecule has 2 heterocycles. The van der Waals surface area contributed by atoms with Crippen LogP contribution in [0.2, 0.25) is 0 Å². The third-order valence-corrected chi connectivity index (χ3v) is 5.04. The SMILES string of the molecule is CCNC(=O)c1ccc(C)c(NC(=O)c2cn(-c3ccccc3)nc2-c2ccc(C)o2)c1. The standard InChI is InChI=1S/C25H24N4O3/c1-4-26-24(30)18-12-10-16(2)21(14-18)27-25(31)20-15-29(19-8-6-5-7-9-19)28-23(20)22-13-11-17(3)32-22/h5-15H,4H2,1-3H3,(H,26,30)(H,27,31). The summed E-state index contributed by atoms with van der Waals surface area (Å²) in [7, 11) is 0. The van der Waals surface area contributed by atoms with Gasteiger partial charge in [0, 0.05) is 24.0 Å². The highest BCUT2D eigenvalue weighted by atomic mass is 16.3. The van der Waals surface area contributed by atoms with Crippen LogP contribution in [0, 0.1) is 13.8 Å². The summed E-state index contributed by atoms with van der Waals surface area (Å²) in [6.07, 6.45) is 1.68. The van der Waals surface area contributed by atoms with Gasteiger partial charge >= 0.3 is 0 Å². The van der Waals surface area contributed by atoms with E-state index in [0.717, 1.165) is 17.0 Å². The van der Waals surface area contributed by atoms with Crippen LogP contribution in [-0.2, 0) is 0 Å². The molecule has 0 aliphatic heterocycles. The molecule has 0 spiro atoms. The number of carbonyl (C=O) groups excluding carboxylic acids is 2. The lowest BCUT2D eigenvalue weighted by Crippen LogP contribution is -2.23. The van der Waals surface area contributed by atoms with Gasteiger partial charge in [-0.05, 0) is 62.7 Å². The van der Waals surface area contributed by atoms with Gasteiger partial charge in [0.05, 0.1) is 11.3 Å². The van der Waals surface area contributed by atoms with E-state index < -0.39 is 0 Å². The molecule has 0 unspecified atom stereocenters. The molecule has 4 aromatic rings. The average molecular weight is 428 g/mol. The van der Waals surface area contributed by atoms with Gasteiger partial charge in [0.25, 0.3) is 11.8 Å². The summed E-state index contributed by atoms with van der Waals surface area (Å²) < 4.78 is 7.41. The van der Waals surface area contributed by atoms with Crippen molar-refractivity contribution in [2.45, 2.75) is 20.8 Å². The molecule has 0 radical (unpaired) electrons. The molecule has 7 nitrogen and oxygen atoms in total. The number of para-hydroxylation sites is 1. The number of nitrogens with one attached hydrogen (secondary N) is 2. The highest BCUT2D eigenvalue weighted by molar-refractivity contribution is 6.08. The molecular formula is C25H24N4O3. The number of nitrogens with zero attached hydrogens (tertiary/aromatic N) is 2. The number of rotatable bonds is 6. The van der Waals surface area contributed by atoms with Gasteiger partial charge < -0.3 is 15.1 Å². The van der Waals surface area contributed by atoms with Crippen molar-refractivity contribution in [3.05, 3.63) is 89.3 Å². The zero-order chi connectivity index (χ0) is 22.7. The van der Waals surface area contributed by atoms with E-state index in [1.54, 1.807) is 29.1 Å². The van der Waals surface area contributed by atoms with E-state index in [4.69, 9.17) is 4.42 Å². The molecule has 4 rings (SSSR count). The quantitative estimate of drug-likeness (QED) is 0.464. The van der Waals surface area contributed by atoms with Gasteiger partial charge in [-0.3, -0.25) is 9.59 Å². The highest BCUT2D eigenvalue weighted by Crippen LogP contribution is 2.27. The Kier molecular flexibility index (Phi) is 5.89. The molecule has 0 atom stereocenters. The monoisotopic (exact) mass is 428 g/mol. The zero-order valence-electron chi connectivity index (χ0n) is 18.2. The fourth-order valence-electron chi connectivity index (χ4n) is 3.35. The number of amides is 2. The minimum atomic E-state index is -0.340. The van der Waals surface area contributed by atoms with Gasteiger partial charge in [-0.25, -0.2) is 4.68 Å². The van der Waals surface area contributed by atoms with E-state index in [1.165, 1.54) is 0 Å². The Morgan fingerprint density at radius 3 is 2.47 bits per heavy atom. The number of aromatic nitrogens is 2. The maximum Gasteiger partial charge on any atom is 0.259 e. The van der Waals surface area contributed by atoms with Crippen LogP contribution >= 0.6 is 0 Å². The maximum absolute atomic E-state index is 13.3. The number of anilines is 1. The maximum atomic E-state index is 13.3. The van der Waals surface area contributed by atoms with Crippen molar-refractivity contribution in [1.29, 1.82) is 0 Å². The van der Waals surface area contributed by atoms with Crippen LogP contribution in [0.1, 0.15) is 39.0 Å². The molecule has 0 saturated carbocycles. The van der Waals surface area contributed by atoms with Gasteiger partial charge in [0.15, 0.2) is 5.76 Å². The van der Waals surface area contributed by atoms with E-state index >= 15 is 0 Å². The molecule has 2 N–H and O–H groups in total. The molecule has 0 saturated heterocycles. The predicted octanol–water partition coefficient (Wildman–Crippen LogP) is 4.75. The van der Waals surface area contributed by atoms with E-state index in [0.29, 0.717) is 34.8 Å². The van der Waals surface area contributed by atoms with E-state index in [9.17, 15) is 9.59 Å². The number of aryl methyl sites for hydroxylation is 2. The third-order valence-electron chi connectivity index (χ3n) is 5.04. The first-order chi connectivity index (χ1) is 15.5. The largest absolute Gasteiger partial charge is 0.460 e. The molecule has 32 heavy (non-hydrogen) atoms. The van der Waals surface area contributed by atoms with Crippen LogP contribution < -0.4 is 10.6 Å². The Morgan fingerprint density at radius 2 is 1.78 bits per heavy atom. The Hall–Kier alpha value is -4.13. The van der Waals surface area contributed by atoms with Crippen molar-refractivity contribution >= 4 is 17.5 Å². The lowest BCUT2D eigenvalue weighted by molar-refractivity contribution is 0.0954. The third kappa shape index (κ3) is 4.32. The van der Waals surface area contributed by atoms with Crippen LogP contribution in [0.25, 0.3) is 17.1 Å². The van der Waals surface area contributed by atoms with E-state index in [-0.39, 0.29) is 11.8 Å². The number of hydrogen-bond donors (Lipinski definition) is 2. The van der Waals surface area contributed by atoms with Crippen LogP contribution in [0.15, 0.2) is 71.3 Å².